The molecule has 2 nitrogen and oxygen atoms in total. The summed E-state index contributed by atoms with van der Waals surface area (Å²) in [6.07, 6.45) is -0.00627. The number of benzene rings is 1. The van der Waals surface area contributed by atoms with Crippen LogP contribution in [0.2, 0.25) is 5.02 Å². The first kappa shape index (κ1) is 13.6. The van der Waals surface area contributed by atoms with Gasteiger partial charge in [0.2, 0.25) is 0 Å². The van der Waals surface area contributed by atoms with Gasteiger partial charge in [0.1, 0.15) is 5.69 Å². The largest absolute Gasteiger partial charge is 0.374 e. The zero-order chi connectivity index (χ0) is 13.3. The van der Waals surface area contributed by atoms with Crippen molar-refractivity contribution >= 4 is 17.3 Å². The summed E-state index contributed by atoms with van der Waals surface area (Å²) in [5.41, 5.74) is -0.00616. The van der Waals surface area contributed by atoms with Crippen LogP contribution in [0.25, 0.3) is 0 Å². The van der Waals surface area contributed by atoms with Gasteiger partial charge < -0.3 is 9.64 Å². The third-order valence-electron chi connectivity index (χ3n) is 3.13. The van der Waals surface area contributed by atoms with E-state index in [1.165, 1.54) is 0 Å². The molecular formula is C13H16ClF2NO. The van der Waals surface area contributed by atoms with E-state index in [1.54, 1.807) is 4.90 Å². The Morgan fingerprint density at radius 3 is 2.50 bits per heavy atom. The number of morpholine rings is 1. The lowest BCUT2D eigenvalue weighted by atomic mass is 10.1. The van der Waals surface area contributed by atoms with Gasteiger partial charge in [-0.25, -0.2) is 8.78 Å². The highest BCUT2D eigenvalue weighted by molar-refractivity contribution is 6.30. The van der Waals surface area contributed by atoms with Gasteiger partial charge in [-0.15, -0.1) is 0 Å². The van der Waals surface area contributed by atoms with Crippen LogP contribution < -0.4 is 4.90 Å². The third-order valence-corrected chi connectivity index (χ3v) is 3.35. The van der Waals surface area contributed by atoms with Crippen molar-refractivity contribution in [3.63, 3.8) is 0 Å². The molecule has 0 N–H and O–H groups in total. The number of hydrogen-bond acceptors (Lipinski definition) is 2. The van der Waals surface area contributed by atoms with Gasteiger partial charge in [-0.2, -0.15) is 0 Å². The predicted octanol–water partition coefficient (Wildman–Crippen LogP) is 3.48. The van der Waals surface area contributed by atoms with E-state index in [2.05, 4.69) is 0 Å². The molecule has 1 aromatic rings. The minimum atomic E-state index is -0.621. The molecule has 0 saturated carbocycles. The highest BCUT2D eigenvalue weighted by Gasteiger charge is 2.26. The second-order valence-corrected chi connectivity index (χ2v) is 5.25. The third kappa shape index (κ3) is 2.75. The molecule has 1 aliphatic rings. The molecule has 1 heterocycles. The highest BCUT2D eigenvalue weighted by Crippen LogP contribution is 2.29. The number of anilines is 1. The molecule has 0 aromatic heterocycles. The van der Waals surface area contributed by atoms with E-state index in [0.717, 1.165) is 12.1 Å². The summed E-state index contributed by atoms with van der Waals surface area (Å²) in [5, 5.41) is 0.0717. The zero-order valence-corrected chi connectivity index (χ0v) is 11.2. The van der Waals surface area contributed by atoms with Crippen molar-refractivity contribution < 1.29 is 13.5 Å². The summed E-state index contributed by atoms with van der Waals surface area (Å²) in [7, 11) is 0. The fraction of sp³-hybridized carbons (Fsp3) is 0.538. The van der Waals surface area contributed by atoms with Crippen molar-refractivity contribution in [2.24, 2.45) is 5.92 Å². The van der Waals surface area contributed by atoms with Crippen LogP contribution in [-0.4, -0.2) is 25.8 Å². The maximum atomic E-state index is 13.8. The van der Waals surface area contributed by atoms with Gasteiger partial charge in [-0.1, -0.05) is 25.4 Å². The number of nitrogens with zero attached hydrogens (tertiary/aromatic N) is 1. The molecule has 1 fully saturated rings. The SMILES string of the molecule is CC(C)[C@@H]1CN(c2c(F)cc(Cl)cc2F)CCO1. The van der Waals surface area contributed by atoms with Crippen molar-refractivity contribution in [2.45, 2.75) is 20.0 Å². The van der Waals surface area contributed by atoms with Crippen LogP contribution in [-0.2, 0) is 4.74 Å². The Morgan fingerprint density at radius 2 is 1.94 bits per heavy atom. The molecule has 18 heavy (non-hydrogen) atoms. The Kier molecular flexibility index (Phi) is 4.07. The Morgan fingerprint density at radius 1 is 1.33 bits per heavy atom. The normalized spacial score (nSPS) is 20.6. The molecule has 0 amide bonds. The van der Waals surface area contributed by atoms with Crippen LogP contribution in [0.4, 0.5) is 14.5 Å². The van der Waals surface area contributed by atoms with E-state index in [4.69, 9.17) is 16.3 Å². The minimum absolute atomic E-state index is 0.00616. The average molecular weight is 276 g/mol. The molecule has 100 valence electrons. The van der Waals surface area contributed by atoms with E-state index < -0.39 is 11.6 Å². The first-order valence-electron chi connectivity index (χ1n) is 6.00. The summed E-state index contributed by atoms with van der Waals surface area (Å²) >= 11 is 5.62. The topological polar surface area (TPSA) is 12.5 Å². The zero-order valence-electron chi connectivity index (χ0n) is 10.4. The molecular weight excluding hydrogens is 260 g/mol. The standard InChI is InChI=1S/C13H16ClF2NO/c1-8(2)12-7-17(3-4-18-12)13-10(15)5-9(14)6-11(13)16/h5-6,8,12H,3-4,7H2,1-2H3/t12-/m0/s1. The van der Waals surface area contributed by atoms with E-state index in [-0.39, 0.29) is 16.8 Å². The first-order chi connectivity index (χ1) is 8.49. The molecule has 1 atom stereocenters. The van der Waals surface area contributed by atoms with Crippen molar-refractivity contribution in [3.05, 3.63) is 28.8 Å². The van der Waals surface area contributed by atoms with Crippen LogP contribution in [0, 0.1) is 17.6 Å². The molecule has 0 radical (unpaired) electrons. The van der Waals surface area contributed by atoms with Crippen molar-refractivity contribution in [3.8, 4) is 0 Å². The lowest BCUT2D eigenvalue weighted by Crippen LogP contribution is -2.45. The van der Waals surface area contributed by atoms with Crippen LogP contribution in [0.5, 0.6) is 0 Å². The Hall–Kier alpha value is -0.870. The molecule has 0 spiro atoms. The summed E-state index contributed by atoms with van der Waals surface area (Å²) in [5.74, 6) is -0.931. The number of rotatable bonds is 2. The summed E-state index contributed by atoms with van der Waals surface area (Å²) in [4.78, 5) is 1.69. The molecule has 0 bridgehead atoms. The van der Waals surface area contributed by atoms with Crippen LogP contribution in [0.15, 0.2) is 12.1 Å². The second kappa shape index (κ2) is 5.41. The smallest absolute Gasteiger partial charge is 0.151 e. The molecule has 1 aliphatic heterocycles. The minimum Gasteiger partial charge on any atom is -0.374 e. The quantitative estimate of drug-likeness (QED) is 0.819. The van der Waals surface area contributed by atoms with Gasteiger partial charge in [-0.05, 0) is 18.1 Å². The van der Waals surface area contributed by atoms with Crippen LogP contribution in [0.1, 0.15) is 13.8 Å². The van der Waals surface area contributed by atoms with Crippen molar-refractivity contribution in [1.82, 2.24) is 0 Å². The molecule has 0 aliphatic carbocycles. The summed E-state index contributed by atoms with van der Waals surface area (Å²) < 4.78 is 33.2. The average Bonchev–Trinajstić information content (AvgIpc) is 2.28. The predicted molar refractivity (Wildman–Crippen MR) is 68.2 cm³/mol. The fourth-order valence-electron chi connectivity index (χ4n) is 2.12. The van der Waals surface area contributed by atoms with Crippen LogP contribution in [0.3, 0.4) is 0 Å². The molecule has 1 aromatic carbocycles. The van der Waals surface area contributed by atoms with Gasteiger partial charge in [0.15, 0.2) is 11.6 Å². The number of halogens is 3. The van der Waals surface area contributed by atoms with E-state index in [1.807, 2.05) is 13.8 Å². The number of ether oxygens (including phenoxy) is 1. The van der Waals surface area contributed by atoms with Crippen molar-refractivity contribution in [2.75, 3.05) is 24.6 Å². The van der Waals surface area contributed by atoms with Crippen molar-refractivity contribution in [1.29, 1.82) is 0 Å². The van der Waals surface area contributed by atoms with E-state index in [9.17, 15) is 8.78 Å². The fourth-order valence-corrected chi connectivity index (χ4v) is 2.31. The second-order valence-electron chi connectivity index (χ2n) is 4.82. The molecule has 5 heteroatoms. The molecule has 2 rings (SSSR count). The Balaban J connectivity index is 2.26. The van der Waals surface area contributed by atoms with Gasteiger partial charge >= 0.3 is 0 Å². The molecule has 1 saturated heterocycles. The van der Waals surface area contributed by atoms with E-state index >= 15 is 0 Å². The van der Waals surface area contributed by atoms with Gasteiger partial charge in [-0.3, -0.25) is 0 Å². The van der Waals surface area contributed by atoms with Gasteiger partial charge in [0, 0.05) is 18.1 Å². The Bertz CT molecular complexity index is 416. The first-order valence-corrected chi connectivity index (χ1v) is 6.38. The summed E-state index contributed by atoms with van der Waals surface area (Å²) in [6.45, 7) is 5.52. The van der Waals surface area contributed by atoms with Gasteiger partial charge in [0.25, 0.3) is 0 Å². The lowest BCUT2D eigenvalue weighted by Gasteiger charge is -2.36. The maximum absolute atomic E-state index is 13.8. The monoisotopic (exact) mass is 275 g/mol. The molecule has 0 unspecified atom stereocenters. The van der Waals surface area contributed by atoms with E-state index in [0.29, 0.717) is 25.6 Å². The Labute approximate surface area is 110 Å². The highest BCUT2D eigenvalue weighted by atomic mass is 35.5. The maximum Gasteiger partial charge on any atom is 0.151 e. The number of hydrogen-bond donors (Lipinski definition) is 0. The summed E-state index contributed by atoms with van der Waals surface area (Å²) in [6, 6.07) is 2.28. The van der Waals surface area contributed by atoms with Gasteiger partial charge in [0.05, 0.1) is 12.7 Å². The lowest BCUT2D eigenvalue weighted by molar-refractivity contribution is 0.0110. The van der Waals surface area contributed by atoms with Crippen LogP contribution >= 0.6 is 11.6 Å².